The van der Waals surface area contributed by atoms with Crippen molar-refractivity contribution in [1.82, 2.24) is 0 Å². The zero-order valence-electron chi connectivity index (χ0n) is 35.7. The van der Waals surface area contributed by atoms with Gasteiger partial charge in [0.15, 0.2) is 0 Å². The van der Waals surface area contributed by atoms with Crippen LogP contribution in [0.3, 0.4) is 0 Å². The zero-order chi connectivity index (χ0) is 42.6. The van der Waals surface area contributed by atoms with E-state index >= 15 is 0 Å². The highest BCUT2D eigenvalue weighted by Crippen LogP contribution is 2.60. The summed E-state index contributed by atoms with van der Waals surface area (Å²) in [6.07, 6.45) is 0. The van der Waals surface area contributed by atoms with Gasteiger partial charge in [-0.05, 0) is 115 Å². The SMILES string of the molecule is CC1(C)c2ccccc2-c2ccc(N(c3ccccc3-c3ccc4oc5cc6ccccc6cc5c4c3)c3cccc4c3-c3ccccc3C4(c3ccccc3)c3ccccc3)cc21. The van der Waals surface area contributed by atoms with Crippen molar-refractivity contribution in [2.75, 3.05) is 4.90 Å². The summed E-state index contributed by atoms with van der Waals surface area (Å²) < 4.78 is 6.52. The lowest BCUT2D eigenvalue weighted by molar-refractivity contribution is 0.660. The van der Waals surface area contributed by atoms with Crippen LogP contribution in [0.5, 0.6) is 0 Å². The van der Waals surface area contributed by atoms with Crippen LogP contribution in [0, 0.1) is 0 Å². The molecule has 0 bridgehead atoms. The molecule has 0 unspecified atom stereocenters. The van der Waals surface area contributed by atoms with Gasteiger partial charge in [-0.2, -0.15) is 0 Å². The minimum Gasteiger partial charge on any atom is -0.456 e. The van der Waals surface area contributed by atoms with Gasteiger partial charge in [0.1, 0.15) is 11.2 Å². The molecule has 0 saturated heterocycles. The standard InChI is InChI=1S/C62H43NO/c1-61(2)52-27-14-11-25-47(52)48-34-33-45(39-55(48)61)63(56-30-16-13-24-46(56)42-32-35-58-50(37-42)51-36-40-18-9-10-19-41(40)38-59(51)64-58)57-31-17-29-54-60(57)49-26-12-15-28-53(49)62(54,43-20-5-3-6-21-43)44-22-7-4-8-23-44/h3-39H,1-2H3. The Morgan fingerprint density at radius 2 is 0.953 bits per heavy atom. The van der Waals surface area contributed by atoms with Crippen molar-refractivity contribution >= 4 is 49.8 Å². The number of hydrogen-bond acceptors (Lipinski definition) is 2. The van der Waals surface area contributed by atoms with E-state index in [1.54, 1.807) is 0 Å². The van der Waals surface area contributed by atoms with Crippen molar-refractivity contribution in [1.29, 1.82) is 0 Å². The number of nitrogens with zero attached hydrogens (tertiary/aromatic N) is 1. The van der Waals surface area contributed by atoms with Gasteiger partial charge in [0.2, 0.25) is 0 Å². The summed E-state index contributed by atoms with van der Waals surface area (Å²) in [5.41, 5.74) is 19.6. The maximum Gasteiger partial charge on any atom is 0.136 e. The summed E-state index contributed by atoms with van der Waals surface area (Å²) in [5.74, 6) is 0. The van der Waals surface area contributed by atoms with E-state index in [0.717, 1.165) is 50.1 Å². The molecule has 1 aromatic heterocycles. The second-order valence-corrected chi connectivity index (χ2v) is 18.0. The van der Waals surface area contributed by atoms with E-state index in [2.05, 4.69) is 243 Å². The molecule has 0 spiro atoms. The van der Waals surface area contributed by atoms with Gasteiger partial charge in [-0.3, -0.25) is 0 Å². The molecule has 0 atom stereocenters. The smallest absolute Gasteiger partial charge is 0.136 e. The maximum atomic E-state index is 6.52. The molecule has 10 aromatic carbocycles. The zero-order valence-corrected chi connectivity index (χ0v) is 35.7. The summed E-state index contributed by atoms with van der Waals surface area (Å²) in [6, 6.07) is 83.0. The van der Waals surface area contributed by atoms with E-state index in [1.807, 2.05) is 0 Å². The normalized spacial score (nSPS) is 14.0. The van der Waals surface area contributed by atoms with Crippen molar-refractivity contribution in [2.45, 2.75) is 24.7 Å². The van der Waals surface area contributed by atoms with E-state index < -0.39 is 5.41 Å². The van der Waals surface area contributed by atoms with Crippen molar-refractivity contribution < 1.29 is 4.42 Å². The predicted molar refractivity (Wildman–Crippen MR) is 266 cm³/mol. The molecule has 302 valence electrons. The van der Waals surface area contributed by atoms with Crippen LogP contribution >= 0.6 is 0 Å². The highest BCUT2D eigenvalue weighted by Gasteiger charge is 2.47. The molecule has 0 fully saturated rings. The lowest BCUT2D eigenvalue weighted by Gasteiger charge is -2.35. The van der Waals surface area contributed by atoms with Crippen LogP contribution in [0.4, 0.5) is 17.1 Å². The third kappa shape index (κ3) is 5.14. The summed E-state index contributed by atoms with van der Waals surface area (Å²) >= 11 is 0. The van der Waals surface area contributed by atoms with Crippen LogP contribution in [0.15, 0.2) is 229 Å². The Morgan fingerprint density at radius 1 is 0.375 bits per heavy atom. The van der Waals surface area contributed by atoms with E-state index in [1.165, 1.54) is 66.4 Å². The predicted octanol–water partition coefficient (Wildman–Crippen LogP) is 16.5. The van der Waals surface area contributed by atoms with Gasteiger partial charge >= 0.3 is 0 Å². The largest absolute Gasteiger partial charge is 0.456 e. The maximum absolute atomic E-state index is 6.52. The summed E-state index contributed by atoms with van der Waals surface area (Å²) in [7, 11) is 0. The third-order valence-electron chi connectivity index (χ3n) is 14.3. The lowest BCUT2D eigenvalue weighted by atomic mass is 9.68. The Kier molecular flexibility index (Phi) is 7.90. The Labute approximate surface area is 373 Å². The molecular formula is C62H43NO. The summed E-state index contributed by atoms with van der Waals surface area (Å²) in [5, 5.41) is 4.62. The van der Waals surface area contributed by atoms with Gasteiger partial charge in [0.25, 0.3) is 0 Å². The Bertz CT molecular complexity index is 3610. The van der Waals surface area contributed by atoms with Crippen molar-refractivity contribution in [2.24, 2.45) is 0 Å². The monoisotopic (exact) mass is 817 g/mol. The average molecular weight is 818 g/mol. The molecule has 2 aliphatic rings. The van der Waals surface area contributed by atoms with Gasteiger partial charge in [0.05, 0.1) is 16.8 Å². The molecule has 0 radical (unpaired) electrons. The first kappa shape index (κ1) is 36.7. The highest BCUT2D eigenvalue weighted by atomic mass is 16.3. The van der Waals surface area contributed by atoms with Crippen LogP contribution in [0.2, 0.25) is 0 Å². The number of para-hydroxylation sites is 1. The minimum atomic E-state index is -0.533. The molecule has 2 nitrogen and oxygen atoms in total. The molecule has 0 N–H and O–H groups in total. The molecule has 0 amide bonds. The van der Waals surface area contributed by atoms with E-state index in [-0.39, 0.29) is 5.41 Å². The second-order valence-electron chi connectivity index (χ2n) is 18.0. The van der Waals surface area contributed by atoms with Gasteiger partial charge in [-0.25, -0.2) is 0 Å². The number of benzene rings is 10. The summed E-state index contributed by atoms with van der Waals surface area (Å²) in [4.78, 5) is 2.54. The number of furan rings is 1. The molecular weight excluding hydrogens is 775 g/mol. The molecule has 2 aliphatic carbocycles. The first-order valence-electron chi connectivity index (χ1n) is 22.3. The van der Waals surface area contributed by atoms with Gasteiger partial charge in [0, 0.05) is 33.0 Å². The fraction of sp³-hybridized carbons (Fsp3) is 0.0645. The first-order chi connectivity index (χ1) is 31.5. The van der Waals surface area contributed by atoms with Gasteiger partial charge in [-0.1, -0.05) is 190 Å². The van der Waals surface area contributed by atoms with Crippen LogP contribution in [-0.4, -0.2) is 0 Å². The van der Waals surface area contributed by atoms with Gasteiger partial charge < -0.3 is 9.32 Å². The molecule has 13 rings (SSSR count). The molecule has 0 aliphatic heterocycles. The molecule has 64 heavy (non-hydrogen) atoms. The minimum absolute atomic E-state index is 0.175. The fourth-order valence-electron chi connectivity index (χ4n) is 11.4. The van der Waals surface area contributed by atoms with Crippen molar-refractivity contribution in [3.63, 3.8) is 0 Å². The van der Waals surface area contributed by atoms with Crippen LogP contribution < -0.4 is 4.90 Å². The Hall–Kier alpha value is -7.94. The average Bonchev–Trinajstić information content (AvgIpc) is 3.94. The second kappa shape index (κ2) is 13.8. The van der Waals surface area contributed by atoms with Crippen LogP contribution in [-0.2, 0) is 10.8 Å². The highest BCUT2D eigenvalue weighted by molar-refractivity contribution is 6.11. The third-order valence-corrected chi connectivity index (χ3v) is 14.3. The summed E-state index contributed by atoms with van der Waals surface area (Å²) in [6.45, 7) is 4.75. The Balaban J connectivity index is 1.09. The number of hydrogen-bond donors (Lipinski definition) is 0. The molecule has 1 heterocycles. The fourth-order valence-corrected chi connectivity index (χ4v) is 11.4. The van der Waals surface area contributed by atoms with E-state index in [4.69, 9.17) is 4.42 Å². The van der Waals surface area contributed by atoms with Crippen molar-refractivity contribution in [3.05, 3.63) is 258 Å². The van der Waals surface area contributed by atoms with E-state index in [9.17, 15) is 0 Å². The van der Waals surface area contributed by atoms with Gasteiger partial charge in [-0.15, -0.1) is 0 Å². The quantitative estimate of drug-likeness (QED) is 0.166. The van der Waals surface area contributed by atoms with Crippen LogP contribution in [0.25, 0.3) is 66.1 Å². The molecule has 0 saturated carbocycles. The van der Waals surface area contributed by atoms with Crippen LogP contribution in [0.1, 0.15) is 47.2 Å². The number of fused-ring (bicyclic) bond motifs is 10. The number of anilines is 3. The Morgan fingerprint density at radius 3 is 1.72 bits per heavy atom. The topological polar surface area (TPSA) is 16.4 Å². The lowest BCUT2D eigenvalue weighted by Crippen LogP contribution is -2.28. The first-order valence-corrected chi connectivity index (χ1v) is 22.3. The molecule has 2 heteroatoms. The number of rotatable bonds is 6. The van der Waals surface area contributed by atoms with Crippen molar-refractivity contribution in [3.8, 4) is 33.4 Å². The van der Waals surface area contributed by atoms with E-state index in [0.29, 0.717) is 0 Å². The molecule has 11 aromatic rings.